The molecular weight excluding hydrogens is 392 g/mol. The summed E-state index contributed by atoms with van der Waals surface area (Å²) in [5, 5.41) is 11.3. The highest BCUT2D eigenvalue weighted by molar-refractivity contribution is 6.31. The topological polar surface area (TPSA) is 80.5 Å². The van der Waals surface area contributed by atoms with Gasteiger partial charge in [-0.05, 0) is 54.5 Å². The van der Waals surface area contributed by atoms with Crippen LogP contribution in [-0.4, -0.2) is 28.6 Å². The molecule has 0 bridgehead atoms. The Kier molecular flexibility index (Phi) is 6.64. The quantitative estimate of drug-likeness (QED) is 0.372. The van der Waals surface area contributed by atoms with Crippen molar-refractivity contribution in [3.8, 4) is 0 Å². The smallest absolute Gasteiger partial charge is 0.269 e. The van der Waals surface area contributed by atoms with Crippen molar-refractivity contribution in [1.29, 1.82) is 0 Å². The molecule has 0 atom stereocenters. The van der Waals surface area contributed by atoms with Crippen LogP contribution in [0.15, 0.2) is 36.4 Å². The van der Waals surface area contributed by atoms with Gasteiger partial charge < -0.3 is 4.90 Å². The lowest BCUT2D eigenvalue weighted by Gasteiger charge is -2.18. The second-order valence-corrected chi connectivity index (χ2v) is 7.80. The number of nitro groups is 1. The Balaban J connectivity index is 1.58. The van der Waals surface area contributed by atoms with E-state index in [1.165, 1.54) is 40.6 Å². The predicted octanol–water partition coefficient (Wildman–Crippen LogP) is 4.75. The summed E-state index contributed by atoms with van der Waals surface area (Å²) in [6.07, 6.45) is 4.61. The molecule has 0 N–H and O–H groups in total. The maximum atomic E-state index is 12.5. The molecule has 0 aromatic heterocycles. The van der Waals surface area contributed by atoms with Gasteiger partial charge in [-0.3, -0.25) is 19.7 Å². The molecular formula is C22H23ClN2O4. The van der Waals surface area contributed by atoms with Crippen LogP contribution in [0.4, 0.5) is 5.69 Å². The third-order valence-corrected chi connectivity index (χ3v) is 5.68. The first-order valence-electron chi connectivity index (χ1n) is 9.67. The third-order valence-electron chi connectivity index (χ3n) is 5.31. The summed E-state index contributed by atoms with van der Waals surface area (Å²) in [5.41, 5.74) is 3.64. The van der Waals surface area contributed by atoms with E-state index in [-0.39, 0.29) is 36.8 Å². The van der Waals surface area contributed by atoms with Crippen molar-refractivity contribution in [2.75, 3.05) is 7.05 Å². The summed E-state index contributed by atoms with van der Waals surface area (Å²) < 4.78 is 0. The average Bonchev–Trinajstić information content (AvgIpc) is 2.72. The summed E-state index contributed by atoms with van der Waals surface area (Å²) in [6, 6.07) is 9.99. The normalized spacial score (nSPS) is 12.9. The van der Waals surface area contributed by atoms with Gasteiger partial charge in [0.2, 0.25) is 5.91 Å². The standard InChI is InChI=1S/C22H23ClN2O4/c1-24(14-18-13-19(25(28)29)8-9-20(18)23)22(27)11-10-21(26)17-7-6-15-4-2-3-5-16(15)12-17/h6-9,12-13H,2-5,10-11,14H2,1H3. The number of rotatable bonds is 7. The van der Waals surface area contributed by atoms with Gasteiger partial charge in [0.05, 0.1) is 4.92 Å². The zero-order valence-electron chi connectivity index (χ0n) is 16.3. The number of amides is 1. The molecule has 7 heteroatoms. The van der Waals surface area contributed by atoms with Crippen molar-refractivity contribution in [1.82, 2.24) is 4.90 Å². The number of nitro benzene ring substituents is 1. The number of carbonyl (C=O) groups is 2. The summed E-state index contributed by atoms with van der Waals surface area (Å²) >= 11 is 6.10. The number of halogens is 1. The zero-order chi connectivity index (χ0) is 21.0. The van der Waals surface area contributed by atoms with E-state index in [1.54, 1.807) is 7.05 Å². The number of benzene rings is 2. The first-order chi connectivity index (χ1) is 13.8. The van der Waals surface area contributed by atoms with Gasteiger partial charge in [0, 0.05) is 49.2 Å². The molecule has 0 radical (unpaired) electrons. The number of ketones is 1. The molecule has 1 amide bonds. The number of hydrogen-bond donors (Lipinski definition) is 0. The Morgan fingerprint density at radius 2 is 1.79 bits per heavy atom. The molecule has 0 unspecified atom stereocenters. The van der Waals surface area contributed by atoms with Crippen LogP contribution in [0.2, 0.25) is 5.02 Å². The highest BCUT2D eigenvalue weighted by atomic mass is 35.5. The maximum absolute atomic E-state index is 12.5. The molecule has 152 valence electrons. The zero-order valence-corrected chi connectivity index (χ0v) is 17.1. The van der Waals surface area contributed by atoms with Crippen molar-refractivity contribution in [3.05, 3.63) is 73.8 Å². The fourth-order valence-corrected chi connectivity index (χ4v) is 3.78. The van der Waals surface area contributed by atoms with Crippen molar-refractivity contribution < 1.29 is 14.5 Å². The summed E-state index contributed by atoms with van der Waals surface area (Å²) in [5.74, 6) is -0.257. The Morgan fingerprint density at radius 3 is 2.52 bits per heavy atom. The minimum absolute atomic E-state index is 0.0477. The molecule has 6 nitrogen and oxygen atoms in total. The Labute approximate surface area is 174 Å². The fourth-order valence-electron chi connectivity index (χ4n) is 3.60. The van der Waals surface area contributed by atoms with Crippen molar-refractivity contribution >= 4 is 29.0 Å². The second-order valence-electron chi connectivity index (χ2n) is 7.40. The van der Waals surface area contributed by atoms with Crippen LogP contribution in [-0.2, 0) is 24.2 Å². The molecule has 1 aliphatic carbocycles. The first kappa shape index (κ1) is 21.0. The summed E-state index contributed by atoms with van der Waals surface area (Å²) in [6.45, 7) is 0.145. The number of carbonyl (C=O) groups excluding carboxylic acids is 2. The predicted molar refractivity (Wildman–Crippen MR) is 111 cm³/mol. The van der Waals surface area contributed by atoms with E-state index in [1.807, 2.05) is 18.2 Å². The van der Waals surface area contributed by atoms with E-state index in [0.29, 0.717) is 16.1 Å². The van der Waals surface area contributed by atoms with E-state index in [4.69, 9.17) is 11.6 Å². The van der Waals surface area contributed by atoms with Crippen molar-refractivity contribution in [2.45, 2.75) is 45.1 Å². The number of aryl methyl sites for hydroxylation is 2. The van der Waals surface area contributed by atoms with Gasteiger partial charge in [0.25, 0.3) is 5.69 Å². The van der Waals surface area contributed by atoms with Crippen LogP contribution in [0.1, 0.15) is 52.7 Å². The monoisotopic (exact) mass is 414 g/mol. The number of non-ortho nitro benzene ring substituents is 1. The Morgan fingerprint density at radius 1 is 1.07 bits per heavy atom. The number of Topliss-reactive ketones (excluding diaryl/α,β-unsaturated/α-hetero) is 1. The van der Waals surface area contributed by atoms with Crippen LogP contribution >= 0.6 is 11.6 Å². The molecule has 2 aromatic carbocycles. The van der Waals surface area contributed by atoms with Crippen LogP contribution in [0.25, 0.3) is 0 Å². The molecule has 0 fully saturated rings. The molecule has 0 aliphatic heterocycles. The molecule has 0 saturated carbocycles. The lowest BCUT2D eigenvalue weighted by molar-refractivity contribution is -0.384. The van der Waals surface area contributed by atoms with Crippen LogP contribution in [0.3, 0.4) is 0 Å². The molecule has 2 aromatic rings. The molecule has 3 rings (SSSR count). The summed E-state index contributed by atoms with van der Waals surface area (Å²) in [7, 11) is 1.60. The molecule has 1 aliphatic rings. The first-order valence-corrected chi connectivity index (χ1v) is 10.0. The molecule has 0 spiro atoms. The molecule has 0 saturated heterocycles. The minimum Gasteiger partial charge on any atom is -0.341 e. The highest BCUT2D eigenvalue weighted by Crippen LogP contribution is 2.24. The van der Waals surface area contributed by atoms with E-state index in [9.17, 15) is 19.7 Å². The number of hydrogen-bond acceptors (Lipinski definition) is 4. The number of fused-ring (bicyclic) bond motifs is 1. The van der Waals surface area contributed by atoms with E-state index in [2.05, 4.69) is 0 Å². The van der Waals surface area contributed by atoms with E-state index in [0.717, 1.165) is 19.3 Å². The molecule has 0 heterocycles. The van der Waals surface area contributed by atoms with Gasteiger partial charge in [-0.15, -0.1) is 0 Å². The van der Waals surface area contributed by atoms with E-state index >= 15 is 0 Å². The van der Waals surface area contributed by atoms with Gasteiger partial charge in [-0.2, -0.15) is 0 Å². The second kappa shape index (κ2) is 9.18. The van der Waals surface area contributed by atoms with Gasteiger partial charge in [-0.25, -0.2) is 0 Å². The van der Waals surface area contributed by atoms with Crippen LogP contribution in [0.5, 0.6) is 0 Å². The average molecular weight is 415 g/mol. The van der Waals surface area contributed by atoms with Crippen LogP contribution < -0.4 is 0 Å². The van der Waals surface area contributed by atoms with Crippen LogP contribution in [0, 0.1) is 10.1 Å². The highest BCUT2D eigenvalue weighted by Gasteiger charge is 2.17. The van der Waals surface area contributed by atoms with E-state index < -0.39 is 4.92 Å². The lowest BCUT2D eigenvalue weighted by atomic mass is 9.89. The van der Waals surface area contributed by atoms with Crippen molar-refractivity contribution in [2.24, 2.45) is 0 Å². The van der Waals surface area contributed by atoms with Gasteiger partial charge >= 0.3 is 0 Å². The lowest BCUT2D eigenvalue weighted by Crippen LogP contribution is -2.26. The SMILES string of the molecule is CN(Cc1cc([N+](=O)[O-])ccc1Cl)C(=O)CCC(=O)c1ccc2c(c1)CCCC2. The van der Waals surface area contributed by atoms with Crippen molar-refractivity contribution in [3.63, 3.8) is 0 Å². The molecule has 29 heavy (non-hydrogen) atoms. The summed E-state index contributed by atoms with van der Waals surface area (Å²) in [4.78, 5) is 36.8. The maximum Gasteiger partial charge on any atom is 0.269 e. The fraction of sp³-hybridized carbons (Fsp3) is 0.364. The van der Waals surface area contributed by atoms with Gasteiger partial charge in [-0.1, -0.05) is 23.7 Å². The Hall–Kier alpha value is -2.73. The largest absolute Gasteiger partial charge is 0.341 e. The Bertz CT molecular complexity index is 958. The van der Waals surface area contributed by atoms with Gasteiger partial charge in [0.1, 0.15) is 0 Å². The third kappa shape index (κ3) is 5.21. The number of nitrogens with zero attached hydrogens (tertiary/aromatic N) is 2. The minimum atomic E-state index is -0.501. The van der Waals surface area contributed by atoms with Gasteiger partial charge in [0.15, 0.2) is 5.78 Å².